The van der Waals surface area contributed by atoms with E-state index in [4.69, 9.17) is 20.8 Å². The molecule has 0 aliphatic rings. The highest BCUT2D eigenvalue weighted by atomic mass is 35.5. The van der Waals surface area contributed by atoms with Crippen molar-refractivity contribution in [2.24, 2.45) is 0 Å². The predicted molar refractivity (Wildman–Crippen MR) is 114 cm³/mol. The van der Waals surface area contributed by atoms with Crippen LogP contribution in [0, 0.1) is 0 Å². The molecular formula is C23H20ClN3O2. The smallest absolute Gasteiger partial charge is 0.249 e. The van der Waals surface area contributed by atoms with Gasteiger partial charge in [0.1, 0.15) is 11.8 Å². The van der Waals surface area contributed by atoms with E-state index in [1.165, 1.54) is 0 Å². The maximum absolute atomic E-state index is 6.28. The van der Waals surface area contributed by atoms with Gasteiger partial charge in [0.15, 0.2) is 0 Å². The van der Waals surface area contributed by atoms with Crippen LogP contribution in [-0.2, 0) is 0 Å². The zero-order valence-corrected chi connectivity index (χ0v) is 16.6. The number of aromatic nitrogens is 2. The number of nitrogens with zero attached hydrogens (tertiary/aromatic N) is 2. The minimum absolute atomic E-state index is 0.308. The molecule has 0 unspecified atom stereocenters. The molecule has 146 valence electrons. The van der Waals surface area contributed by atoms with Gasteiger partial charge in [0.2, 0.25) is 11.8 Å². The zero-order valence-electron chi connectivity index (χ0n) is 15.9. The van der Waals surface area contributed by atoms with E-state index in [1.54, 1.807) is 6.07 Å². The fourth-order valence-electron chi connectivity index (χ4n) is 3.01. The Labute approximate surface area is 174 Å². The summed E-state index contributed by atoms with van der Waals surface area (Å²) in [5.74, 6) is 1.67. The van der Waals surface area contributed by atoms with Crippen LogP contribution in [0.3, 0.4) is 0 Å². The Kier molecular flexibility index (Phi) is 5.77. The van der Waals surface area contributed by atoms with Gasteiger partial charge < -0.3 is 14.5 Å². The van der Waals surface area contributed by atoms with Crippen LogP contribution in [0.1, 0.15) is 24.4 Å². The standard InChI is InChI=1S/C23H20ClN3O2/c1-2-28-18-14-12-17(13-15-18)25-21(16-8-4-3-5-9-16)23-27-26-22(29-23)19-10-6-7-11-20(19)24/h3-15,21,25H,2H2,1H3/t21-/m0/s1. The van der Waals surface area contributed by atoms with E-state index in [9.17, 15) is 0 Å². The third-order valence-electron chi connectivity index (χ3n) is 4.40. The number of hydrogen-bond donors (Lipinski definition) is 1. The van der Waals surface area contributed by atoms with Crippen molar-refractivity contribution in [2.75, 3.05) is 11.9 Å². The molecule has 29 heavy (non-hydrogen) atoms. The molecule has 1 aromatic heterocycles. The lowest BCUT2D eigenvalue weighted by molar-refractivity contribution is 0.340. The van der Waals surface area contributed by atoms with Crippen LogP contribution in [0.2, 0.25) is 5.02 Å². The van der Waals surface area contributed by atoms with Crippen molar-refractivity contribution < 1.29 is 9.15 Å². The molecule has 5 nitrogen and oxygen atoms in total. The van der Waals surface area contributed by atoms with E-state index in [0.717, 1.165) is 17.0 Å². The van der Waals surface area contributed by atoms with Crippen LogP contribution < -0.4 is 10.1 Å². The van der Waals surface area contributed by atoms with E-state index in [0.29, 0.717) is 29.0 Å². The average Bonchev–Trinajstić information content (AvgIpc) is 3.24. The molecule has 3 aromatic carbocycles. The van der Waals surface area contributed by atoms with Crippen LogP contribution >= 0.6 is 11.6 Å². The molecule has 1 N–H and O–H groups in total. The lowest BCUT2D eigenvalue weighted by Crippen LogP contribution is -2.12. The molecule has 0 aliphatic heterocycles. The quantitative estimate of drug-likeness (QED) is 0.409. The highest BCUT2D eigenvalue weighted by molar-refractivity contribution is 6.33. The summed E-state index contributed by atoms with van der Waals surface area (Å²) in [6.45, 7) is 2.59. The SMILES string of the molecule is CCOc1ccc(N[C@@H](c2ccccc2)c2nnc(-c3ccccc3Cl)o2)cc1. The molecule has 0 amide bonds. The summed E-state index contributed by atoms with van der Waals surface area (Å²) in [6.07, 6.45) is 0. The molecule has 4 aromatic rings. The Morgan fingerprint density at radius 2 is 1.66 bits per heavy atom. The Morgan fingerprint density at radius 3 is 2.38 bits per heavy atom. The van der Waals surface area contributed by atoms with Crippen molar-refractivity contribution in [3.8, 4) is 17.2 Å². The van der Waals surface area contributed by atoms with Gasteiger partial charge in [0.05, 0.1) is 17.2 Å². The number of nitrogens with one attached hydrogen (secondary N) is 1. The van der Waals surface area contributed by atoms with Gasteiger partial charge in [-0.25, -0.2) is 0 Å². The molecule has 0 spiro atoms. The lowest BCUT2D eigenvalue weighted by Gasteiger charge is -2.17. The topological polar surface area (TPSA) is 60.2 Å². The first-order valence-electron chi connectivity index (χ1n) is 9.37. The summed E-state index contributed by atoms with van der Waals surface area (Å²) in [5.41, 5.74) is 2.64. The van der Waals surface area contributed by atoms with Gasteiger partial charge in [0, 0.05) is 5.69 Å². The molecule has 1 atom stereocenters. The van der Waals surface area contributed by atoms with Gasteiger partial charge in [-0.2, -0.15) is 0 Å². The van der Waals surface area contributed by atoms with E-state index < -0.39 is 0 Å². The monoisotopic (exact) mass is 405 g/mol. The van der Waals surface area contributed by atoms with Crippen molar-refractivity contribution in [1.82, 2.24) is 10.2 Å². The maximum atomic E-state index is 6.28. The summed E-state index contributed by atoms with van der Waals surface area (Å²) in [5, 5.41) is 12.5. The molecule has 0 fully saturated rings. The Morgan fingerprint density at radius 1 is 0.931 bits per heavy atom. The van der Waals surface area contributed by atoms with Crippen molar-refractivity contribution in [2.45, 2.75) is 13.0 Å². The van der Waals surface area contributed by atoms with Gasteiger partial charge >= 0.3 is 0 Å². The van der Waals surface area contributed by atoms with Crippen LogP contribution in [0.4, 0.5) is 5.69 Å². The predicted octanol–water partition coefficient (Wildman–Crippen LogP) is 5.99. The third kappa shape index (κ3) is 4.41. The molecule has 0 bridgehead atoms. The summed E-state index contributed by atoms with van der Waals surface area (Å²) in [4.78, 5) is 0. The van der Waals surface area contributed by atoms with Gasteiger partial charge in [-0.15, -0.1) is 10.2 Å². The fourth-order valence-corrected chi connectivity index (χ4v) is 3.23. The Bertz CT molecular complexity index is 1060. The number of rotatable bonds is 7. The van der Waals surface area contributed by atoms with Gasteiger partial charge in [-0.05, 0) is 48.9 Å². The van der Waals surface area contributed by atoms with Crippen molar-refractivity contribution >= 4 is 17.3 Å². The largest absolute Gasteiger partial charge is 0.494 e. The maximum Gasteiger partial charge on any atom is 0.249 e. The van der Waals surface area contributed by atoms with Crippen molar-refractivity contribution in [3.63, 3.8) is 0 Å². The number of halogens is 1. The Hall–Kier alpha value is -3.31. The van der Waals surface area contributed by atoms with Gasteiger partial charge in [-0.3, -0.25) is 0 Å². The molecule has 0 radical (unpaired) electrons. The molecule has 6 heteroatoms. The van der Waals surface area contributed by atoms with Gasteiger partial charge in [-0.1, -0.05) is 54.1 Å². The van der Waals surface area contributed by atoms with Crippen LogP contribution in [-0.4, -0.2) is 16.8 Å². The minimum atomic E-state index is -0.308. The molecule has 0 saturated carbocycles. The fraction of sp³-hybridized carbons (Fsp3) is 0.130. The van der Waals surface area contributed by atoms with Crippen LogP contribution in [0.5, 0.6) is 5.75 Å². The van der Waals surface area contributed by atoms with Crippen LogP contribution in [0.15, 0.2) is 83.3 Å². The van der Waals surface area contributed by atoms with Crippen LogP contribution in [0.25, 0.3) is 11.5 Å². The van der Waals surface area contributed by atoms with E-state index >= 15 is 0 Å². The summed E-state index contributed by atoms with van der Waals surface area (Å²) in [7, 11) is 0. The molecular weight excluding hydrogens is 386 g/mol. The number of hydrogen-bond acceptors (Lipinski definition) is 5. The van der Waals surface area contributed by atoms with E-state index in [1.807, 2.05) is 79.7 Å². The van der Waals surface area contributed by atoms with Crippen molar-refractivity contribution in [1.29, 1.82) is 0 Å². The van der Waals surface area contributed by atoms with E-state index in [2.05, 4.69) is 15.5 Å². The first kappa shape index (κ1) is 19.0. The molecule has 1 heterocycles. The third-order valence-corrected chi connectivity index (χ3v) is 4.73. The zero-order chi connectivity index (χ0) is 20.1. The number of ether oxygens (including phenoxy) is 1. The highest BCUT2D eigenvalue weighted by Gasteiger charge is 2.22. The minimum Gasteiger partial charge on any atom is -0.494 e. The normalized spacial score (nSPS) is 11.8. The molecule has 0 saturated heterocycles. The summed E-state index contributed by atoms with van der Waals surface area (Å²) >= 11 is 6.28. The molecule has 4 rings (SSSR count). The number of anilines is 1. The first-order chi connectivity index (χ1) is 14.2. The van der Waals surface area contributed by atoms with E-state index in [-0.39, 0.29) is 6.04 Å². The number of benzene rings is 3. The Balaban J connectivity index is 1.66. The second kappa shape index (κ2) is 8.80. The second-order valence-corrected chi connectivity index (χ2v) is 6.78. The summed E-state index contributed by atoms with van der Waals surface area (Å²) in [6, 6.07) is 24.9. The van der Waals surface area contributed by atoms with Gasteiger partial charge in [0.25, 0.3) is 0 Å². The summed E-state index contributed by atoms with van der Waals surface area (Å²) < 4.78 is 11.5. The first-order valence-corrected chi connectivity index (χ1v) is 9.75. The molecule has 0 aliphatic carbocycles. The highest BCUT2D eigenvalue weighted by Crippen LogP contribution is 2.31. The van der Waals surface area contributed by atoms with Crippen molar-refractivity contribution in [3.05, 3.63) is 95.3 Å². The average molecular weight is 406 g/mol. The lowest BCUT2D eigenvalue weighted by atomic mass is 10.1. The second-order valence-electron chi connectivity index (χ2n) is 6.37.